The van der Waals surface area contributed by atoms with E-state index < -0.39 is 16.5 Å². The number of hydrogen-bond acceptors (Lipinski definition) is 8. The number of hydrogen-bond donors (Lipinski definition) is 2. The minimum atomic E-state index is -0.845. The van der Waals surface area contributed by atoms with Gasteiger partial charge in [-0.3, -0.25) is 14.9 Å². The Kier molecular flexibility index (Phi) is 5.69. The van der Waals surface area contributed by atoms with Gasteiger partial charge in [0.05, 0.1) is 16.0 Å². The molecule has 0 aliphatic carbocycles. The second-order valence-corrected chi connectivity index (χ2v) is 8.66. The number of anilines is 2. The van der Waals surface area contributed by atoms with Gasteiger partial charge in [-0.2, -0.15) is 0 Å². The molecule has 1 aliphatic heterocycles. The van der Waals surface area contributed by atoms with Gasteiger partial charge in [0, 0.05) is 42.4 Å². The van der Waals surface area contributed by atoms with Gasteiger partial charge in [0.15, 0.2) is 0 Å². The molecule has 0 unspecified atom stereocenters. The van der Waals surface area contributed by atoms with Crippen molar-refractivity contribution in [1.82, 2.24) is 14.5 Å². The summed E-state index contributed by atoms with van der Waals surface area (Å²) in [7, 11) is 0. The van der Waals surface area contributed by atoms with Crippen molar-refractivity contribution < 1.29 is 14.1 Å². The summed E-state index contributed by atoms with van der Waals surface area (Å²) in [5.74, 6) is -0.340. The highest BCUT2D eigenvalue weighted by atomic mass is 16.6. The molecule has 11 heteroatoms. The number of carbonyl (C=O) groups excluding carboxylic acids is 1. The van der Waals surface area contributed by atoms with Crippen LogP contribution in [0.25, 0.3) is 22.0 Å². The highest BCUT2D eigenvalue weighted by molar-refractivity contribution is 6.01. The number of fused-ring (bicyclic) bond motifs is 2. The fourth-order valence-electron chi connectivity index (χ4n) is 4.65. The van der Waals surface area contributed by atoms with E-state index in [9.17, 15) is 19.7 Å². The molecule has 3 heterocycles. The second kappa shape index (κ2) is 8.84. The molecule has 0 atom stereocenters. The van der Waals surface area contributed by atoms with E-state index in [-0.39, 0.29) is 11.3 Å². The van der Waals surface area contributed by atoms with E-state index in [1.807, 2.05) is 4.57 Å². The largest absolute Gasteiger partial charge is 0.422 e. The summed E-state index contributed by atoms with van der Waals surface area (Å²) < 4.78 is 7.42. The fraction of sp³-hybridized carbons (Fsp3) is 0.292. The van der Waals surface area contributed by atoms with Crippen LogP contribution in [0, 0.1) is 17.0 Å². The Hall–Kier alpha value is -4.25. The Labute approximate surface area is 199 Å². The molecule has 0 spiro atoms. The number of rotatable bonds is 7. The zero-order valence-electron chi connectivity index (χ0n) is 19.1. The number of nitro groups is 1. The van der Waals surface area contributed by atoms with E-state index in [4.69, 9.17) is 15.1 Å². The number of amides is 1. The average molecular weight is 476 g/mol. The predicted molar refractivity (Wildman–Crippen MR) is 131 cm³/mol. The normalized spacial score (nSPS) is 14.1. The first-order valence-electron chi connectivity index (χ1n) is 11.3. The third-order valence-electron chi connectivity index (χ3n) is 6.43. The lowest BCUT2D eigenvalue weighted by molar-refractivity contribution is -0.384. The third-order valence-corrected chi connectivity index (χ3v) is 6.43. The third kappa shape index (κ3) is 4.21. The zero-order valence-corrected chi connectivity index (χ0v) is 19.1. The van der Waals surface area contributed by atoms with Gasteiger partial charge in [-0.1, -0.05) is 6.07 Å². The number of carbonyl (C=O) groups is 1. The summed E-state index contributed by atoms with van der Waals surface area (Å²) in [5, 5.41) is 15.0. The molecule has 180 valence electrons. The minimum Gasteiger partial charge on any atom is -0.422 e. The van der Waals surface area contributed by atoms with Crippen LogP contribution in [0.5, 0.6) is 0 Å². The Balaban J connectivity index is 1.64. The molecule has 1 saturated heterocycles. The van der Waals surface area contributed by atoms with Gasteiger partial charge in [-0.15, -0.1) is 0 Å². The van der Waals surface area contributed by atoms with Crippen molar-refractivity contribution in [3.05, 3.63) is 68.1 Å². The lowest BCUT2D eigenvalue weighted by Crippen LogP contribution is -2.24. The van der Waals surface area contributed by atoms with Crippen LogP contribution in [0.1, 0.15) is 28.8 Å². The maximum atomic E-state index is 12.4. The van der Waals surface area contributed by atoms with E-state index in [1.54, 1.807) is 31.2 Å². The fourth-order valence-corrected chi connectivity index (χ4v) is 4.65. The number of aromatic nitrogens is 2. The molecule has 5 rings (SSSR count). The van der Waals surface area contributed by atoms with E-state index in [1.165, 1.54) is 25.0 Å². The SMILES string of the molecule is Cc1c(C(N)=O)c(=O)oc2cc3c(cc12)nc(Nc1cccc([N+](=O)[O-])c1)n3CCN1CCCC1. The molecule has 4 aromatic rings. The van der Waals surface area contributed by atoms with E-state index in [0.717, 1.165) is 25.2 Å². The lowest BCUT2D eigenvalue weighted by atomic mass is 10.1. The number of nitrogens with zero attached hydrogens (tertiary/aromatic N) is 4. The number of benzene rings is 2. The van der Waals surface area contributed by atoms with Crippen molar-refractivity contribution in [3.63, 3.8) is 0 Å². The molecule has 0 bridgehead atoms. The summed E-state index contributed by atoms with van der Waals surface area (Å²) in [6.45, 7) is 5.14. The van der Waals surface area contributed by atoms with Gasteiger partial charge in [-0.25, -0.2) is 9.78 Å². The van der Waals surface area contributed by atoms with Gasteiger partial charge in [0.25, 0.3) is 11.6 Å². The van der Waals surface area contributed by atoms with Crippen LogP contribution < -0.4 is 16.7 Å². The monoisotopic (exact) mass is 476 g/mol. The molecule has 1 fully saturated rings. The molecule has 1 amide bonds. The molecule has 11 nitrogen and oxygen atoms in total. The highest BCUT2D eigenvalue weighted by Gasteiger charge is 2.20. The molecular formula is C24H24N6O5. The first-order valence-corrected chi connectivity index (χ1v) is 11.3. The highest BCUT2D eigenvalue weighted by Crippen LogP contribution is 2.30. The summed E-state index contributed by atoms with van der Waals surface area (Å²) >= 11 is 0. The van der Waals surface area contributed by atoms with Crippen LogP contribution in [-0.4, -0.2) is 44.9 Å². The molecule has 0 saturated carbocycles. The number of nitrogens with one attached hydrogen (secondary N) is 1. The number of imidazole rings is 1. The van der Waals surface area contributed by atoms with Gasteiger partial charge in [-0.05, 0) is 50.6 Å². The molecule has 1 aliphatic rings. The minimum absolute atomic E-state index is 0.0307. The zero-order chi connectivity index (χ0) is 24.7. The standard InChI is InChI=1S/C24H24N6O5/c1-14-17-12-18-19(13-20(17)35-23(32)21(14)22(25)31)29(10-9-28-7-2-3-8-28)24(27-18)26-15-5-4-6-16(11-15)30(33)34/h4-6,11-13H,2-3,7-10H2,1H3,(H2,25,31)(H,26,27). The average Bonchev–Trinajstić information content (AvgIpc) is 3.44. The molecule has 0 radical (unpaired) electrons. The van der Waals surface area contributed by atoms with Gasteiger partial charge in [0.2, 0.25) is 5.95 Å². The maximum absolute atomic E-state index is 12.4. The van der Waals surface area contributed by atoms with Crippen molar-refractivity contribution in [2.75, 3.05) is 25.0 Å². The summed E-state index contributed by atoms with van der Waals surface area (Å²) in [6.07, 6.45) is 2.33. The van der Waals surface area contributed by atoms with Crippen molar-refractivity contribution in [1.29, 1.82) is 0 Å². The first-order chi connectivity index (χ1) is 16.8. The smallest absolute Gasteiger partial charge is 0.349 e. The van der Waals surface area contributed by atoms with Crippen LogP contribution in [0.3, 0.4) is 0 Å². The van der Waals surface area contributed by atoms with Crippen LogP contribution in [0.15, 0.2) is 45.6 Å². The van der Waals surface area contributed by atoms with E-state index in [0.29, 0.717) is 40.2 Å². The molecule has 3 N–H and O–H groups in total. The Morgan fingerprint density at radius 2 is 2.00 bits per heavy atom. The number of primary amides is 1. The molecule has 2 aromatic heterocycles. The molecule has 35 heavy (non-hydrogen) atoms. The topological polar surface area (TPSA) is 150 Å². The van der Waals surface area contributed by atoms with Crippen molar-refractivity contribution in [2.45, 2.75) is 26.3 Å². The Bertz CT molecular complexity index is 1530. The quantitative estimate of drug-likeness (QED) is 0.234. The Morgan fingerprint density at radius 3 is 2.71 bits per heavy atom. The van der Waals surface area contributed by atoms with Gasteiger partial charge in [0.1, 0.15) is 11.1 Å². The van der Waals surface area contributed by atoms with Crippen molar-refractivity contribution >= 4 is 45.2 Å². The predicted octanol–water partition coefficient (Wildman–Crippen LogP) is 3.30. The van der Waals surface area contributed by atoms with Gasteiger partial charge < -0.3 is 24.9 Å². The lowest BCUT2D eigenvalue weighted by Gasteiger charge is -2.17. The van der Waals surface area contributed by atoms with Crippen LogP contribution >= 0.6 is 0 Å². The first kappa shape index (κ1) is 22.5. The van der Waals surface area contributed by atoms with E-state index >= 15 is 0 Å². The summed E-state index contributed by atoms with van der Waals surface area (Å²) in [4.78, 5) is 42.0. The van der Waals surface area contributed by atoms with Crippen LogP contribution in [-0.2, 0) is 6.54 Å². The Morgan fingerprint density at radius 1 is 1.23 bits per heavy atom. The van der Waals surface area contributed by atoms with Crippen LogP contribution in [0.4, 0.5) is 17.3 Å². The number of non-ortho nitro benzene ring substituents is 1. The van der Waals surface area contributed by atoms with Crippen molar-refractivity contribution in [3.8, 4) is 0 Å². The van der Waals surface area contributed by atoms with Crippen LogP contribution in [0.2, 0.25) is 0 Å². The number of likely N-dealkylation sites (tertiary alicyclic amines) is 1. The summed E-state index contributed by atoms with van der Waals surface area (Å²) in [5.41, 5.74) is 7.05. The summed E-state index contributed by atoms with van der Waals surface area (Å²) in [6, 6.07) is 9.71. The number of nitro benzene ring substituents is 1. The maximum Gasteiger partial charge on any atom is 0.349 e. The van der Waals surface area contributed by atoms with Crippen molar-refractivity contribution in [2.24, 2.45) is 5.73 Å². The number of nitrogens with two attached hydrogens (primary N) is 1. The van der Waals surface area contributed by atoms with Gasteiger partial charge >= 0.3 is 5.63 Å². The number of aryl methyl sites for hydroxylation is 1. The molecular weight excluding hydrogens is 452 g/mol. The second-order valence-electron chi connectivity index (χ2n) is 8.66. The molecule has 2 aromatic carbocycles. The van der Waals surface area contributed by atoms with E-state index in [2.05, 4.69) is 10.2 Å².